The van der Waals surface area contributed by atoms with E-state index in [1.807, 2.05) is 0 Å². The van der Waals surface area contributed by atoms with Crippen molar-refractivity contribution in [1.82, 2.24) is 10.2 Å². The summed E-state index contributed by atoms with van der Waals surface area (Å²) in [5.41, 5.74) is 0.878. The highest BCUT2D eigenvalue weighted by Crippen LogP contribution is 2.28. The third-order valence-electron chi connectivity index (χ3n) is 3.11. The number of hydrogen-bond acceptors (Lipinski definition) is 2. The van der Waals surface area contributed by atoms with Gasteiger partial charge in [-0.2, -0.15) is 0 Å². The van der Waals surface area contributed by atoms with Crippen LogP contribution in [0.15, 0.2) is 18.2 Å². The third-order valence-corrected chi connectivity index (χ3v) is 3.45. The molecule has 0 bridgehead atoms. The summed E-state index contributed by atoms with van der Waals surface area (Å²) in [6, 6.07) is 4.74. The van der Waals surface area contributed by atoms with E-state index in [2.05, 4.69) is 17.1 Å². The second-order valence-corrected chi connectivity index (χ2v) is 4.53. The Morgan fingerprint density at radius 3 is 2.50 bits per heavy atom. The van der Waals surface area contributed by atoms with Crippen LogP contribution in [0.4, 0.5) is 4.39 Å². The normalized spacial score (nSPS) is 17.5. The van der Waals surface area contributed by atoms with Gasteiger partial charge in [0.1, 0.15) is 5.82 Å². The summed E-state index contributed by atoms with van der Waals surface area (Å²) in [6.45, 7) is 6.00. The van der Waals surface area contributed by atoms with Crippen LogP contribution in [0.5, 0.6) is 0 Å². The molecule has 6 heteroatoms. The van der Waals surface area contributed by atoms with Crippen molar-refractivity contribution in [3.63, 3.8) is 0 Å². The molecule has 18 heavy (non-hydrogen) atoms. The minimum absolute atomic E-state index is 0. The summed E-state index contributed by atoms with van der Waals surface area (Å²) in [6.07, 6.45) is 0. The number of halogens is 4. The fourth-order valence-electron chi connectivity index (χ4n) is 2.10. The summed E-state index contributed by atoms with van der Waals surface area (Å²) in [5.74, 6) is -0.221. The van der Waals surface area contributed by atoms with Gasteiger partial charge < -0.3 is 5.32 Å². The average Bonchev–Trinajstić information content (AvgIpc) is 2.32. The summed E-state index contributed by atoms with van der Waals surface area (Å²) in [7, 11) is 0. The lowest BCUT2D eigenvalue weighted by Gasteiger charge is -2.33. The van der Waals surface area contributed by atoms with Crippen LogP contribution in [0.2, 0.25) is 5.02 Å². The maximum atomic E-state index is 13.2. The monoisotopic (exact) mass is 314 g/mol. The molecule has 1 aliphatic rings. The molecule has 0 spiro atoms. The fraction of sp³-hybridized carbons (Fsp3) is 0.500. The van der Waals surface area contributed by atoms with Gasteiger partial charge in [0.25, 0.3) is 0 Å². The molecule has 1 aliphatic heterocycles. The molecule has 1 atom stereocenters. The minimum atomic E-state index is -0.221. The molecule has 1 saturated heterocycles. The Morgan fingerprint density at radius 1 is 1.28 bits per heavy atom. The van der Waals surface area contributed by atoms with Crippen LogP contribution in [-0.4, -0.2) is 31.1 Å². The summed E-state index contributed by atoms with van der Waals surface area (Å²) < 4.78 is 13.2. The van der Waals surface area contributed by atoms with Crippen LogP contribution in [0.3, 0.4) is 0 Å². The van der Waals surface area contributed by atoms with Gasteiger partial charge in [-0.15, -0.1) is 24.8 Å². The topological polar surface area (TPSA) is 15.3 Å². The molecule has 0 unspecified atom stereocenters. The molecule has 2 rings (SSSR count). The molecule has 1 heterocycles. The van der Waals surface area contributed by atoms with Crippen LogP contribution in [0.25, 0.3) is 0 Å². The number of nitrogens with one attached hydrogen (secondary N) is 1. The molecular formula is C12H18Cl3FN2. The zero-order valence-corrected chi connectivity index (χ0v) is 12.5. The second kappa shape index (κ2) is 8.18. The summed E-state index contributed by atoms with van der Waals surface area (Å²) in [4.78, 5) is 2.32. The SMILES string of the molecule is C[C@@H](c1cc(F)ccc1Cl)N1CCNCC1.Cl.Cl. The zero-order chi connectivity index (χ0) is 11.5. The van der Waals surface area contributed by atoms with Crippen LogP contribution in [0, 0.1) is 5.82 Å². The molecule has 0 aromatic heterocycles. The highest BCUT2D eigenvalue weighted by atomic mass is 35.5. The van der Waals surface area contributed by atoms with Gasteiger partial charge in [0.2, 0.25) is 0 Å². The second-order valence-electron chi connectivity index (χ2n) is 4.13. The first-order valence-corrected chi connectivity index (χ1v) is 5.96. The number of nitrogens with zero attached hydrogens (tertiary/aromatic N) is 1. The lowest BCUT2D eigenvalue weighted by molar-refractivity contribution is 0.185. The molecule has 0 saturated carbocycles. The van der Waals surface area contributed by atoms with E-state index in [0.29, 0.717) is 5.02 Å². The van der Waals surface area contributed by atoms with Gasteiger partial charge in [0.05, 0.1) is 0 Å². The van der Waals surface area contributed by atoms with Crippen molar-refractivity contribution in [2.24, 2.45) is 0 Å². The molecule has 104 valence electrons. The van der Waals surface area contributed by atoms with E-state index < -0.39 is 0 Å². The van der Waals surface area contributed by atoms with Gasteiger partial charge in [-0.25, -0.2) is 4.39 Å². The predicted octanol–water partition coefficient (Wildman–Crippen LogP) is 3.29. The van der Waals surface area contributed by atoms with E-state index in [-0.39, 0.29) is 36.7 Å². The summed E-state index contributed by atoms with van der Waals surface area (Å²) >= 11 is 6.10. The van der Waals surface area contributed by atoms with Gasteiger partial charge in [-0.1, -0.05) is 11.6 Å². The van der Waals surface area contributed by atoms with Crippen LogP contribution >= 0.6 is 36.4 Å². The number of piperazine rings is 1. The highest BCUT2D eigenvalue weighted by molar-refractivity contribution is 6.31. The average molecular weight is 316 g/mol. The Bertz CT molecular complexity index is 370. The van der Waals surface area contributed by atoms with Crippen LogP contribution in [-0.2, 0) is 0 Å². The Morgan fingerprint density at radius 2 is 1.89 bits per heavy atom. The van der Waals surface area contributed by atoms with Gasteiger partial charge in [0, 0.05) is 37.2 Å². The Balaban J connectivity index is 0.00000144. The fourth-order valence-corrected chi connectivity index (χ4v) is 2.38. The predicted molar refractivity (Wildman–Crippen MR) is 78.8 cm³/mol. The molecule has 0 radical (unpaired) electrons. The van der Waals surface area contributed by atoms with E-state index in [1.165, 1.54) is 12.1 Å². The molecule has 2 nitrogen and oxygen atoms in total. The van der Waals surface area contributed by atoms with E-state index in [1.54, 1.807) is 6.07 Å². The van der Waals surface area contributed by atoms with Gasteiger partial charge in [-0.05, 0) is 30.7 Å². The van der Waals surface area contributed by atoms with Crippen molar-refractivity contribution in [1.29, 1.82) is 0 Å². The molecule has 0 amide bonds. The molecule has 1 N–H and O–H groups in total. The van der Waals surface area contributed by atoms with Crippen molar-refractivity contribution in [3.8, 4) is 0 Å². The quantitative estimate of drug-likeness (QED) is 0.901. The first-order valence-electron chi connectivity index (χ1n) is 5.58. The zero-order valence-electron chi connectivity index (χ0n) is 10.2. The van der Waals surface area contributed by atoms with E-state index in [9.17, 15) is 4.39 Å². The highest BCUT2D eigenvalue weighted by Gasteiger charge is 2.20. The summed E-state index contributed by atoms with van der Waals surface area (Å²) in [5, 5.41) is 3.94. The lowest BCUT2D eigenvalue weighted by Crippen LogP contribution is -2.44. The first-order chi connectivity index (χ1) is 7.68. The van der Waals surface area contributed by atoms with Crippen molar-refractivity contribution in [3.05, 3.63) is 34.6 Å². The standard InChI is InChI=1S/C12H16ClFN2.2ClH/c1-9(16-6-4-15-5-7-16)11-8-10(14)2-3-12(11)13;;/h2-3,8-9,15H,4-7H2,1H3;2*1H/t9-;;/m0../s1. The van der Waals surface area contributed by atoms with Crippen LogP contribution in [0.1, 0.15) is 18.5 Å². The van der Waals surface area contributed by atoms with Gasteiger partial charge in [-0.3, -0.25) is 4.90 Å². The van der Waals surface area contributed by atoms with Crippen molar-refractivity contribution >= 4 is 36.4 Å². The molecule has 0 aliphatic carbocycles. The maximum Gasteiger partial charge on any atom is 0.123 e. The molecule has 1 aromatic carbocycles. The smallest absolute Gasteiger partial charge is 0.123 e. The van der Waals surface area contributed by atoms with E-state index >= 15 is 0 Å². The minimum Gasteiger partial charge on any atom is -0.314 e. The van der Waals surface area contributed by atoms with Crippen LogP contribution < -0.4 is 5.32 Å². The molecular weight excluding hydrogens is 298 g/mol. The van der Waals surface area contributed by atoms with E-state index in [4.69, 9.17) is 11.6 Å². The van der Waals surface area contributed by atoms with Crippen molar-refractivity contribution in [2.45, 2.75) is 13.0 Å². The number of benzene rings is 1. The third kappa shape index (κ3) is 4.25. The van der Waals surface area contributed by atoms with E-state index in [0.717, 1.165) is 31.7 Å². The largest absolute Gasteiger partial charge is 0.314 e. The number of rotatable bonds is 2. The lowest BCUT2D eigenvalue weighted by atomic mass is 10.1. The molecule has 1 fully saturated rings. The maximum absolute atomic E-state index is 13.2. The van der Waals surface area contributed by atoms with Gasteiger partial charge >= 0.3 is 0 Å². The van der Waals surface area contributed by atoms with Crippen molar-refractivity contribution in [2.75, 3.05) is 26.2 Å². The Labute approximate surface area is 125 Å². The first kappa shape index (κ1) is 17.9. The Hall–Kier alpha value is -0.0600. The van der Waals surface area contributed by atoms with Gasteiger partial charge in [0.15, 0.2) is 0 Å². The van der Waals surface area contributed by atoms with Crippen molar-refractivity contribution < 1.29 is 4.39 Å². The Kier molecular flexibility index (Phi) is 8.15. The molecule has 1 aromatic rings. The number of hydrogen-bond donors (Lipinski definition) is 1.